The van der Waals surface area contributed by atoms with Crippen LogP contribution in [0.4, 0.5) is 5.69 Å². The Bertz CT molecular complexity index is 911. The number of hydrogen-bond donors (Lipinski definition) is 1. The summed E-state index contributed by atoms with van der Waals surface area (Å²) in [6.07, 6.45) is 6.28. The zero-order valence-corrected chi connectivity index (χ0v) is 17.5. The van der Waals surface area contributed by atoms with Gasteiger partial charge in [0.15, 0.2) is 6.04 Å². The second kappa shape index (κ2) is 8.96. The molecule has 1 aromatic heterocycles. The molecule has 2 aromatic carbocycles. The molecule has 0 bridgehead atoms. The highest BCUT2D eigenvalue weighted by molar-refractivity contribution is 5.46. The van der Waals surface area contributed by atoms with E-state index in [1.54, 1.807) is 4.90 Å². The summed E-state index contributed by atoms with van der Waals surface area (Å²) >= 11 is 0. The van der Waals surface area contributed by atoms with E-state index in [0.29, 0.717) is 6.04 Å². The number of para-hydroxylation sites is 1. The fraction of sp³-hybridized carbons (Fsp3) is 0.458. The molecule has 156 valence electrons. The molecule has 1 atom stereocenters. The Labute approximate surface area is 178 Å². The van der Waals surface area contributed by atoms with Crippen LogP contribution in [0.1, 0.15) is 55.6 Å². The van der Waals surface area contributed by atoms with E-state index >= 15 is 0 Å². The van der Waals surface area contributed by atoms with Gasteiger partial charge in [0.2, 0.25) is 5.82 Å². The van der Waals surface area contributed by atoms with Gasteiger partial charge in [-0.25, -0.2) is 4.68 Å². The quantitative estimate of drug-likeness (QED) is 0.712. The molecule has 1 aliphatic heterocycles. The maximum absolute atomic E-state index is 4.59. The van der Waals surface area contributed by atoms with Gasteiger partial charge in [-0.05, 0) is 35.4 Å². The first-order valence-corrected chi connectivity index (χ1v) is 11.4. The maximum atomic E-state index is 4.59. The van der Waals surface area contributed by atoms with E-state index in [1.165, 1.54) is 43.4 Å². The van der Waals surface area contributed by atoms with Gasteiger partial charge < -0.3 is 9.80 Å². The van der Waals surface area contributed by atoms with Crippen LogP contribution in [0.3, 0.4) is 0 Å². The van der Waals surface area contributed by atoms with E-state index in [1.807, 2.05) is 0 Å². The first kappa shape index (κ1) is 19.2. The molecule has 0 spiro atoms. The fourth-order valence-electron chi connectivity index (χ4n) is 5.17. The molecule has 1 saturated carbocycles. The van der Waals surface area contributed by atoms with Gasteiger partial charge in [-0.3, -0.25) is 0 Å². The zero-order valence-electron chi connectivity index (χ0n) is 17.5. The number of anilines is 1. The Kier molecular flexibility index (Phi) is 5.75. The molecule has 2 fully saturated rings. The van der Waals surface area contributed by atoms with Crippen LogP contribution < -0.4 is 9.80 Å². The summed E-state index contributed by atoms with van der Waals surface area (Å²) in [5.41, 5.74) is 2.63. The number of benzene rings is 2. The smallest absolute Gasteiger partial charge is 0.214 e. The van der Waals surface area contributed by atoms with Gasteiger partial charge >= 0.3 is 0 Å². The van der Waals surface area contributed by atoms with Crippen molar-refractivity contribution in [3.05, 3.63) is 72.1 Å². The van der Waals surface area contributed by atoms with Crippen molar-refractivity contribution in [3.63, 3.8) is 0 Å². The summed E-state index contributed by atoms with van der Waals surface area (Å²) in [5.74, 6) is 1.04. The lowest BCUT2D eigenvalue weighted by Crippen LogP contribution is -3.15. The van der Waals surface area contributed by atoms with Crippen molar-refractivity contribution in [2.24, 2.45) is 0 Å². The van der Waals surface area contributed by atoms with Crippen molar-refractivity contribution in [2.75, 3.05) is 31.1 Å². The third-order valence-electron chi connectivity index (χ3n) is 6.77. The molecule has 1 aliphatic carbocycles. The lowest BCUT2D eigenvalue weighted by molar-refractivity contribution is -0.927. The Hall–Kier alpha value is -2.73. The monoisotopic (exact) mass is 403 g/mol. The molecule has 2 heterocycles. The summed E-state index contributed by atoms with van der Waals surface area (Å²) in [5, 5.41) is 13.2. The standard InChI is InChI=1S/C24H30N6/c1-4-10-20(11-5-1)23(24-25-26-27-30(24)22-14-8-3-9-15-22)29-18-16-28(17-19-29)21-12-6-2-7-13-21/h1-2,4-7,10-13,22-23H,3,8-9,14-19H2/p+1/t23-/m0/s1. The van der Waals surface area contributed by atoms with E-state index in [9.17, 15) is 0 Å². The zero-order chi connectivity index (χ0) is 20.2. The summed E-state index contributed by atoms with van der Waals surface area (Å²) in [6, 6.07) is 22.2. The van der Waals surface area contributed by atoms with Gasteiger partial charge in [-0.1, -0.05) is 67.8 Å². The average Bonchev–Trinajstić information content (AvgIpc) is 3.31. The predicted octanol–water partition coefficient (Wildman–Crippen LogP) is 2.67. The Morgan fingerprint density at radius 3 is 2.20 bits per heavy atom. The van der Waals surface area contributed by atoms with E-state index in [-0.39, 0.29) is 6.04 Å². The Morgan fingerprint density at radius 2 is 1.50 bits per heavy atom. The van der Waals surface area contributed by atoms with E-state index in [0.717, 1.165) is 32.0 Å². The number of aromatic nitrogens is 4. The highest BCUT2D eigenvalue weighted by Gasteiger charge is 2.35. The lowest BCUT2D eigenvalue weighted by atomic mass is 9.95. The number of piperazine rings is 1. The van der Waals surface area contributed by atoms with Crippen LogP contribution in [0, 0.1) is 0 Å². The second-order valence-corrected chi connectivity index (χ2v) is 8.60. The molecule has 0 amide bonds. The predicted molar refractivity (Wildman–Crippen MR) is 118 cm³/mol. The van der Waals surface area contributed by atoms with Gasteiger partial charge in [0.05, 0.1) is 32.2 Å². The van der Waals surface area contributed by atoms with Crippen molar-refractivity contribution in [2.45, 2.75) is 44.2 Å². The van der Waals surface area contributed by atoms with Gasteiger partial charge in [0.1, 0.15) is 0 Å². The van der Waals surface area contributed by atoms with Crippen LogP contribution in [-0.2, 0) is 0 Å². The third kappa shape index (κ3) is 3.97. The topological polar surface area (TPSA) is 51.3 Å². The van der Waals surface area contributed by atoms with Crippen molar-refractivity contribution < 1.29 is 4.90 Å². The van der Waals surface area contributed by atoms with Gasteiger partial charge in [-0.15, -0.1) is 5.10 Å². The maximum Gasteiger partial charge on any atom is 0.214 e. The van der Waals surface area contributed by atoms with Crippen LogP contribution in [0.25, 0.3) is 0 Å². The summed E-state index contributed by atoms with van der Waals surface area (Å²) in [7, 11) is 0. The summed E-state index contributed by atoms with van der Waals surface area (Å²) < 4.78 is 2.16. The van der Waals surface area contributed by atoms with Crippen LogP contribution in [0.5, 0.6) is 0 Å². The number of hydrogen-bond acceptors (Lipinski definition) is 4. The van der Waals surface area contributed by atoms with Crippen LogP contribution in [-0.4, -0.2) is 46.4 Å². The Morgan fingerprint density at radius 1 is 0.833 bits per heavy atom. The van der Waals surface area contributed by atoms with Gasteiger partial charge in [0, 0.05) is 11.3 Å². The highest BCUT2D eigenvalue weighted by atomic mass is 15.6. The Balaban J connectivity index is 1.41. The molecule has 2 aliphatic rings. The first-order valence-electron chi connectivity index (χ1n) is 11.4. The van der Waals surface area contributed by atoms with E-state index in [4.69, 9.17) is 0 Å². The summed E-state index contributed by atoms with van der Waals surface area (Å²) in [6.45, 7) is 4.25. The van der Waals surface area contributed by atoms with Crippen molar-refractivity contribution in [3.8, 4) is 0 Å². The molecule has 6 nitrogen and oxygen atoms in total. The van der Waals surface area contributed by atoms with E-state index < -0.39 is 0 Å². The average molecular weight is 404 g/mol. The highest BCUT2D eigenvalue weighted by Crippen LogP contribution is 2.30. The second-order valence-electron chi connectivity index (χ2n) is 8.60. The van der Waals surface area contributed by atoms with Crippen LogP contribution >= 0.6 is 0 Å². The van der Waals surface area contributed by atoms with Gasteiger partial charge in [-0.2, -0.15) is 0 Å². The number of nitrogens with zero attached hydrogens (tertiary/aromatic N) is 5. The third-order valence-corrected chi connectivity index (χ3v) is 6.77. The SMILES string of the molecule is c1ccc([C@@H](c2nnnn2C2CCCCC2)[NH+]2CCN(c3ccccc3)CC2)cc1. The number of nitrogens with one attached hydrogen (secondary N) is 1. The minimum atomic E-state index is 0.182. The minimum absolute atomic E-state index is 0.182. The van der Waals surface area contributed by atoms with E-state index in [2.05, 4.69) is 85.8 Å². The number of tetrazole rings is 1. The molecule has 6 heteroatoms. The fourth-order valence-corrected chi connectivity index (χ4v) is 5.17. The molecule has 5 rings (SSSR count). The van der Waals surface area contributed by atoms with Crippen molar-refractivity contribution in [1.82, 2.24) is 20.2 Å². The normalized spacial score (nSPS) is 19.7. The van der Waals surface area contributed by atoms with Crippen LogP contribution in [0.15, 0.2) is 60.7 Å². The molecule has 1 saturated heterocycles. The first-order chi connectivity index (χ1) is 14.9. The largest absolute Gasteiger partial charge is 0.360 e. The molecule has 0 radical (unpaired) electrons. The molecular formula is C24H31N6+. The molecular weight excluding hydrogens is 372 g/mol. The minimum Gasteiger partial charge on any atom is -0.360 e. The lowest BCUT2D eigenvalue weighted by Gasteiger charge is -2.37. The number of rotatable bonds is 5. The van der Waals surface area contributed by atoms with Crippen molar-refractivity contribution in [1.29, 1.82) is 0 Å². The van der Waals surface area contributed by atoms with Gasteiger partial charge in [0.25, 0.3) is 0 Å². The molecule has 0 unspecified atom stereocenters. The number of quaternary nitrogens is 1. The van der Waals surface area contributed by atoms with Crippen LogP contribution in [0.2, 0.25) is 0 Å². The summed E-state index contributed by atoms with van der Waals surface area (Å²) in [4.78, 5) is 4.05. The molecule has 3 aromatic rings. The molecule has 1 N–H and O–H groups in total. The van der Waals surface area contributed by atoms with Crippen molar-refractivity contribution >= 4 is 5.69 Å². The molecule has 30 heavy (non-hydrogen) atoms.